The second-order valence-electron chi connectivity index (χ2n) is 8.90. The largest absolute Gasteiger partial charge is 0.357 e. The number of hydrogen-bond acceptors (Lipinski definition) is 3. The van der Waals surface area contributed by atoms with Crippen LogP contribution in [-0.4, -0.2) is 53.7 Å². The third-order valence-electron chi connectivity index (χ3n) is 6.10. The number of aliphatic imine (C=N–C) groups is 1. The Balaban J connectivity index is 0.00000341. The van der Waals surface area contributed by atoms with Gasteiger partial charge in [-0.05, 0) is 44.7 Å². The molecule has 1 amide bonds. The van der Waals surface area contributed by atoms with Crippen molar-refractivity contribution in [2.45, 2.75) is 75.0 Å². The van der Waals surface area contributed by atoms with Crippen molar-refractivity contribution in [1.29, 1.82) is 0 Å². The summed E-state index contributed by atoms with van der Waals surface area (Å²) in [5, 5.41) is 7.08. The molecular weight excluding hydrogens is 519 g/mol. The molecule has 1 heterocycles. The van der Waals surface area contributed by atoms with Crippen molar-refractivity contribution >= 4 is 47.6 Å². The first-order valence-corrected chi connectivity index (χ1v) is 12.4. The molecule has 0 atom stereocenters. The summed E-state index contributed by atoms with van der Waals surface area (Å²) in [6, 6.07) is 11.1. The van der Waals surface area contributed by atoms with E-state index in [-0.39, 0.29) is 40.5 Å². The van der Waals surface area contributed by atoms with Gasteiger partial charge in [0.15, 0.2) is 5.96 Å². The van der Waals surface area contributed by atoms with E-state index in [1.165, 1.54) is 30.6 Å². The molecule has 0 spiro atoms. The molecule has 1 saturated heterocycles. The molecule has 1 aromatic rings. The number of carbonyl (C=O) groups is 1. The average Bonchev–Trinajstić information content (AvgIpc) is 3.21. The Morgan fingerprint density at radius 3 is 2.42 bits per heavy atom. The van der Waals surface area contributed by atoms with E-state index in [0.717, 1.165) is 45.0 Å². The molecule has 31 heavy (non-hydrogen) atoms. The Hall–Kier alpha value is -0.960. The van der Waals surface area contributed by atoms with Gasteiger partial charge in [-0.1, -0.05) is 44.9 Å². The number of benzene rings is 1. The fourth-order valence-electron chi connectivity index (χ4n) is 4.40. The van der Waals surface area contributed by atoms with Crippen LogP contribution in [-0.2, 0) is 4.79 Å². The van der Waals surface area contributed by atoms with E-state index < -0.39 is 0 Å². The van der Waals surface area contributed by atoms with Gasteiger partial charge >= 0.3 is 0 Å². The zero-order valence-corrected chi connectivity index (χ0v) is 22.4. The van der Waals surface area contributed by atoms with E-state index in [1.54, 1.807) is 0 Å². The highest BCUT2D eigenvalue weighted by Gasteiger charge is 2.35. The normalized spacial score (nSPS) is 19.2. The fraction of sp³-hybridized carbons (Fsp3) is 0.667. The van der Waals surface area contributed by atoms with Crippen molar-refractivity contribution in [3.05, 3.63) is 30.3 Å². The topological polar surface area (TPSA) is 56.7 Å². The molecule has 174 valence electrons. The number of nitrogens with zero attached hydrogens (tertiary/aromatic N) is 2. The van der Waals surface area contributed by atoms with Gasteiger partial charge in [-0.15, -0.1) is 35.7 Å². The highest BCUT2D eigenvalue weighted by Crippen LogP contribution is 2.45. The van der Waals surface area contributed by atoms with Crippen LogP contribution in [0.4, 0.5) is 0 Å². The molecule has 2 fully saturated rings. The van der Waals surface area contributed by atoms with Crippen molar-refractivity contribution in [2.24, 2.45) is 10.9 Å². The molecule has 5 nitrogen and oxygen atoms in total. The first-order valence-electron chi connectivity index (χ1n) is 11.6. The first kappa shape index (κ1) is 26.3. The Morgan fingerprint density at radius 1 is 1.19 bits per heavy atom. The number of hydrogen-bond donors (Lipinski definition) is 2. The number of likely N-dealkylation sites (tertiary alicyclic amines) is 1. The lowest BCUT2D eigenvalue weighted by Crippen LogP contribution is -2.50. The van der Waals surface area contributed by atoms with Crippen molar-refractivity contribution in [1.82, 2.24) is 15.5 Å². The van der Waals surface area contributed by atoms with Crippen LogP contribution in [0.1, 0.15) is 59.3 Å². The maximum Gasteiger partial charge on any atom is 0.225 e. The molecule has 3 rings (SSSR count). The van der Waals surface area contributed by atoms with Gasteiger partial charge in [0.1, 0.15) is 0 Å². The second kappa shape index (κ2) is 12.9. The third kappa shape index (κ3) is 7.84. The number of piperidine rings is 1. The lowest BCUT2D eigenvalue weighted by molar-refractivity contribution is -0.135. The van der Waals surface area contributed by atoms with Gasteiger partial charge in [-0.3, -0.25) is 9.79 Å². The predicted molar refractivity (Wildman–Crippen MR) is 142 cm³/mol. The van der Waals surface area contributed by atoms with E-state index in [4.69, 9.17) is 4.99 Å². The molecule has 1 saturated carbocycles. The maximum atomic E-state index is 12.2. The summed E-state index contributed by atoms with van der Waals surface area (Å²) in [5.41, 5.74) is 0. The summed E-state index contributed by atoms with van der Waals surface area (Å²) in [6.45, 7) is 9.45. The number of carbonyl (C=O) groups excluding carboxylic acids is 1. The van der Waals surface area contributed by atoms with Gasteiger partial charge < -0.3 is 15.5 Å². The summed E-state index contributed by atoms with van der Waals surface area (Å²) in [5.74, 6) is 1.28. The minimum atomic E-state index is 0. The quantitative estimate of drug-likeness (QED) is 0.284. The number of thioether (sulfide) groups is 1. The zero-order chi connectivity index (χ0) is 21.4. The molecule has 2 aliphatic rings. The van der Waals surface area contributed by atoms with Crippen LogP contribution in [0.2, 0.25) is 0 Å². The highest BCUT2D eigenvalue weighted by atomic mass is 127. The van der Waals surface area contributed by atoms with Crippen LogP contribution < -0.4 is 10.6 Å². The number of guanidine groups is 1. The lowest BCUT2D eigenvalue weighted by Gasteiger charge is -2.34. The Bertz CT molecular complexity index is 699. The Kier molecular flexibility index (Phi) is 11.0. The molecule has 2 N–H and O–H groups in total. The molecule has 1 aliphatic carbocycles. The summed E-state index contributed by atoms with van der Waals surface area (Å²) in [7, 11) is 0. The zero-order valence-electron chi connectivity index (χ0n) is 19.2. The summed E-state index contributed by atoms with van der Waals surface area (Å²) >= 11 is 2.00. The first-order chi connectivity index (χ1) is 14.5. The van der Waals surface area contributed by atoms with Gasteiger partial charge in [-0.2, -0.15) is 0 Å². The molecule has 7 heteroatoms. The van der Waals surface area contributed by atoms with Gasteiger partial charge in [0.2, 0.25) is 5.91 Å². The molecule has 0 radical (unpaired) electrons. The van der Waals surface area contributed by atoms with Crippen LogP contribution in [0.25, 0.3) is 0 Å². The molecule has 0 bridgehead atoms. The Morgan fingerprint density at radius 2 is 1.84 bits per heavy atom. The molecule has 1 aliphatic heterocycles. The number of amides is 1. The standard InChI is InChI=1S/C24H38N4OS.HI/c1-4-25-23(27-20-12-16-28(17-13-20)22(29)19(2)3)26-18-24(14-8-9-15-24)30-21-10-6-5-7-11-21;/h5-7,10-11,19-20H,4,8-9,12-18H2,1-3H3,(H2,25,26,27);1H. The van der Waals surface area contributed by atoms with Crippen LogP contribution >= 0.6 is 35.7 Å². The third-order valence-corrected chi connectivity index (χ3v) is 7.58. The van der Waals surface area contributed by atoms with Crippen LogP contribution in [0.15, 0.2) is 40.2 Å². The number of halogens is 1. The van der Waals surface area contributed by atoms with Crippen LogP contribution in [0.5, 0.6) is 0 Å². The minimum Gasteiger partial charge on any atom is -0.357 e. The SMILES string of the molecule is CCNC(=NCC1(Sc2ccccc2)CCCC1)NC1CCN(C(=O)C(C)C)CC1.I. The van der Waals surface area contributed by atoms with E-state index >= 15 is 0 Å². The second-order valence-corrected chi connectivity index (χ2v) is 10.4. The fourth-order valence-corrected chi connectivity index (χ4v) is 5.81. The lowest BCUT2D eigenvalue weighted by atomic mass is 10.0. The molecule has 1 aromatic carbocycles. The number of rotatable bonds is 7. The summed E-state index contributed by atoms with van der Waals surface area (Å²) in [4.78, 5) is 20.6. The van der Waals surface area contributed by atoms with Crippen LogP contribution in [0.3, 0.4) is 0 Å². The molecule has 0 unspecified atom stereocenters. The highest BCUT2D eigenvalue weighted by molar-refractivity contribution is 14.0. The summed E-state index contributed by atoms with van der Waals surface area (Å²) < 4.78 is 0.205. The van der Waals surface area contributed by atoms with Gasteiger partial charge in [0.05, 0.1) is 6.54 Å². The van der Waals surface area contributed by atoms with Crippen molar-refractivity contribution in [2.75, 3.05) is 26.2 Å². The Labute approximate surface area is 209 Å². The maximum absolute atomic E-state index is 12.2. The van der Waals surface area contributed by atoms with E-state index in [2.05, 4.69) is 47.9 Å². The number of nitrogens with one attached hydrogen (secondary N) is 2. The van der Waals surface area contributed by atoms with E-state index in [0.29, 0.717) is 6.04 Å². The minimum absolute atomic E-state index is 0. The van der Waals surface area contributed by atoms with Gasteiger partial charge in [0, 0.05) is 41.2 Å². The summed E-state index contributed by atoms with van der Waals surface area (Å²) in [6.07, 6.45) is 7.00. The van der Waals surface area contributed by atoms with E-state index in [1.807, 2.05) is 30.5 Å². The van der Waals surface area contributed by atoms with Gasteiger partial charge in [0.25, 0.3) is 0 Å². The van der Waals surface area contributed by atoms with Crippen molar-refractivity contribution in [3.63, 3.8) is 0 Å². The van der Waals surface area contributed by atoms with E-state index in [9.17, 15) is 4.79 Å². The average molecular weight is 559 g/mol. The molecule has 0 aromatic heterocycles. The van der Waals surface area contributed by atoms with Gasteiger partial charge in [-0.25, -0.2) is 0 Å². The smallest absolute Gasteiger partial charge is 0.225 e. The van der Waals surface area contributed by atoms with Crippen molar-refractivity contribution in [3.8, 4) is 0 Å². The predicted octanol–water partition coefficient (Wildman–Crippen LogP) is 4.91. The van der Waals surface area contributed by atoms with Crippen LogP contribution in [0, 0.1) is 5.92 Å². The monoisotopic (exact) mass is 558 g/mol. The van der Waals surface area contributed by atoms with Crippen molar-refractivity contribution < 1.29 is 4.79 Å². The molecular formula is C24H39IN4OS.